The lowest BCUT2D eigenvalue weighted by molar-refractivity contribution is -0.137. The maximum atomic E-state index is 12.6. The summed E-state index contributed by atoms with van der Waals surface area (Å²) in [6.07, 6.45) is -4.42. The predicted octanol–water partition coefficient (Wildman–Crippen LogP) is 3.75. The molecular weight excluding hydrogens is 335 g/mol. The Kier molecular flexibility index (Phi) is 4.57. The van der Waals surface area contributed by atoms with Crippen LogP contribution in [0.2, 0.25) is 0 Å². The maximum absolute atomic E-state index is 12.6. The van der Waals surface area contributed by atoms with Crippen LogP contribution in [0.5, 0.6) is 11.5 Å². The minimum absolute atomic E-state index is 0.202. The zero-order valence-electron chi connectivity index (χ0n) is 13.5. The van der Waals surface area contributed by atoms with Gasteiger partial charge >= 0.3 is 6.18 Å². The number of amides is 1. The van der Waals surface area contributed by atoms with Gasteiger partial charge in [0.15, 0.2) is 11.5 Å². The standard InChI is InChI=1S/C18H16F3NO3/c1-22(11-12-2-7-15-16(10-12)25-9-8-24-15)17(23)13-3-5-14(6-4-13)18(19,20)21/h2-7,10H,8-9,11H2,1H3. The van der Waals surface area contributed by atoms with Crippen molar-refractivity contribution in [3.8, 4) is 11.5 Å². The van der Waals surface area contributed by atoms with Gasteiger partial charge in [0, 0.05) is 19.2 Å². The summed E-state index contributed by atoms with van der Waals surface area (Å²) in [7, 11) is 1.59. The number of hydrogen-bond donors (Lipinski definition) is 0. The molecule has 0 atom stereocenters. The van der Waals surface area contributed by atoms with Crippen molar-refractivity contribution in [2.75, 3.05) is 20.3 Å². The zero-order chi connectivity index (χ0) is 18.0. The van der Waals surface area contributed by atoms with Crippen LogP contribution in [-0.4, -0.2) is 31.1 Å². The fraction of sp³-hybridized carbons (Fsp3) is 0.278. The number of rotatable bonds is 3. The van der Waals surface area contributed by atoms with Crippen LogP contribution in [0.15, 0.2) is 42.5 Å². The molecular formula is C18H16F3NO3. The van der Waals surface area contributed by atoms with Crippen LogP contribution in [0.4, 0.5) is 13.2 Å². The van der Waals surface area contributed by atoms with Gasteiger partial charge in [-0.2, -0.15) is 13.2 Å². The van der Waals surface area contributed by atoms with Gasteiger partial charge in [-0.15, -0.1) is 0 Å². The van der Waals surface area contributed by atoms with E-state index in [1.807, 2.05) is 6.07 Å². The SMILES string of the molecule is CN(Cc1ccc2c(c1)OCCO2)C(=O)c1ccc(C(F)(F)F)cc1. The van der Waals surface area contributed by atoms with Gasteiger partial charge in [0.2, 0.25) is 0 Å². The van der Waals surface area contributed by atoms with Crippen LogP contribution < -0.4 is 9.47 Å². The lowest BCUT2D eigenvalue weighted by Gasteiger charge is -2.21. The summed E-state index contributed by atoms with van der Waals surface area (Å²) >= 11 is 0. The number of ether oxygens (including phenoxy) is 2. The average molecular weight is 351 g/mol. The van der Waals surface area contributed by atoms with Crippen molar-refractivity contribution in [3.63, 3.8) is 0 Å². The summed E-state index contributed by atoms with van der Waals surface area (Å²) in [5.74, 6) is 0.925. The van der Waals surface area contributed by atoms with E-state index < -0.39 is 11.7 Å². The van der Waals surface area contributed by atoms with E-state index in [1.165, 1.54) is 17.0 Å². The van der Waals surface area contributed by atoms with Crippen molar-refractivity contribution in [1.82, 2.24) is 4.90 Å². The van der Waals surface area contributed by atoms with Crippen LogP contribution in [0.1, 0.15) is 21.5 Å². The number of nitrogens with zero attached hydrogens (tertiary/aromatic N) is 1. The van der Waals surface area contributed by atoms with E-state index in [0.29, 0.717) is 31.3 Å². The fourth-order valence-electron chi connectivity index (χ4n) is 2.55. The molecule has 0 fully saturated rings. The van der Waals surface area contributed by atoms with E-state index >= 15 is 0 Å². The molecule has 0 saturated carbocycles. The molecule has 1 amide bonds. The number of carbonyl (C=O) groups excluding carboxylic acids is 1. The second-order valence-electron chi connectivity index (χ2n) is 5.71. The summed E-state index contributed by atoms with van der Waals surface area (Å²) in [6, 6.07) is 9.59. The van der Waals surface area contributed by atoms with Crippen molar-refractivity contribution < 1.29 is 27.4 Å². The topological polar surface area (TPSA) is 38.8 Å². The Morgan fingerprint density at radius 3 is 2.32 bits per heavy atom. The van der Waals surface area contributed by atoms with Gasteiger partial charge in [0.25, 0.3) is 5.91 Å². The van der Waals surface area contributed by atoms with Gasteiger partial charge in [-0.3, -0.25) is 4.79 Å². The first-order chi connectivity index (χ1) is 11.8. The second-order valence-corrected chi connectivity index (χ2v) is 5.71. The van der Waals surface area contributed by atoms with Crippen LogP contribution in [0.25, 0.3) is 0 Å². The molecule has 0 radical (unpaired) electrons. The first-order valence-corrected chi connectivity index (χ1v) is 7.66. The maximum Gasteiger partial charge on any atom is 0.416 e. The van der Waals surface area contributed by atoms with Crippen molar-refractivity contribution in [3.05, 3.63) is 59.2 Å². The highest BCUT2D eigenvalue weighted by molar-refractivity contribution is 5.94. The molecule has 1 aliphatic heterocycles. The van der Waals surface area contributed by atoms with Crippen molar-refractivity contribution >= 4 is 5.91 Å². The number of alkyl halides is 3. The van der Waals surface area contributed by atoms with E-state index in [9.17, 15) is 18.0 Å². The van der Waals surface area contributed by atoms with Gasteiger partial charge in [0.05, 0.1) is 5.56 Å². The normalized spacial score (nSPS) is 13.4. The third kappa shape index (κ3) is 3.87. The van der Waals surface area contributed by atoms with Gasteiger partial charge in [-0.1, -0.05) is 6.07 Å². The highest BCUT2D eigenvalue weighted by Crippen LogP contribution is 2.31. The van der Waals surface area contributed by atoms with Crippen LogP contribution in [-0.2, 0) is 12.7 Å². The molecule has 2 aromatic carbocycles. The van der Waals surface area contributed by atoms with Gasteiger partial charge < -0.3 is 14.4 Å². The first kappa shape index (κ1) is 17.1. The van der Waals surface area contributed by atoms with Crippen molar-refractivity contribution in [2.24, 2.45) is 0 Å². The van der Waals surface area contributed by atoms with E-state index in [1.54, 1.807) is 19.2 Å². The Labute approximate surface area is 142 Å². The Hall–Kier alpha value is -2.70. The summed E-state index contributed by atoms with van der Waals surface area (Å²) in [5, 5.41) is 0. The summed E-state index contributed by atoms with van der Waals surface area (Å²) in [4.78, 5) is 13.8. The molecule has 1 aliphatic rings. The number of hydrogen-bond acceptors (Lipinski definition) is 3. The first-order valence-electron chi connectivity index (χ1n) is 7.66. The molecule has 0 spiro atoms. The fourth-order valence-corrected chi connectivity index (χ4v) is 2.55. The van der Waals surface area contributed by atoms with Crippen LogP contribution >= 0.6 is 0 Å². The van der Waals surface area contributed by atoms with Gasteiger partial charge in [-0.25, -0.2) is 0 Å². The second kappa shape index (κ2) is 6.66. The molecule has 0 aromatic heterocycles. The molecule has 0 saturated heterocycles. The van der Waals surface area contributed by atoms with E-state index in [-0.39, 0.29) is 11.5 Å². The third-order valence-corrected chi connectivity index (χ3v) is 3.83. The van der Waals surface area contributed by atoms with E-state index in [0.717, 1.165) is 17.7 Å². The van der Waals surface area contributed by atoms with Gasteiger partial charge in [-0.05, 0) is 42.0 Å². The third-order valence-electron chi connectivity index (χ3n) is 3.83. The van der Waals surface area contributed by atoms with Crippen LogP contribution in [0.3, 0.4) is 0 Å². The molecule has 0 bridgehead atoms. The molecule has 7 heteroatoms. The minimum Gasteiger partial charge on any atom is -0.486 e. The highest BCUT2D eigenvalue weighted by Gasteiger charge is 2.30. The quantitative estimate of drug-likeness (QED) is 0.845. The Morgan fingerprint density at radius 2 is 1.68 bits per heavy atom. The lowest BCUT2D eigenvalue weighted by atomic mass is 10.1. The number of halogens is 3. The monoisotopic (exact) mass is 351 g/mol. The van der Waals surface area contributed by atoms with Crippen molar-refractivity contribution in [1.29, 1.82) is 0 Å². The molecule has 4 nitrogen and oxygen atoms in total. The smallest absolute Gasteiger partial charge is 0.416 e. The zero-order valence-corrected chi connectivity index (χ0v) is 13.5. The summed E-state index contributed by atoms with van der Waals surface area (Å²) < 4.78 is 48.7. The van der Waals surface area contributed by atoms with E-state index in [4.69, 9.17) is 9.47 Å². The number of fused-ring (bicyclic) bond motifs is 1. The average Bonchev–Trinajstić information content (AvgIpc) is 2.60. The highest BCUT2D eigenvalue weighted by atomic mass is 19.4. The van der Waals surface area contributed by atoms with Crippen molar-refractivity contribution in [2.45, 2.75) is 12.7 Å². The largest absolute Gasteiger partial charge is 0.486 e. The molecule has 132 valence electrons. The van der Waals surface area contributed by atoms with E-state index in [2.05, 4.69) is 0 Å². The molecule has 25 heavy (non-hydrogen) atoms. The molecule has 2 aromatic rings. The summed E-state index contributed by atoms with van der Waals surface area (Å²) in [5.41, 5.74) is 0.263. The minimum atomic E-state index is -4.42. The number of carbonyl (C=O) groups is 1. The number of benzene rings is 2. The molecule has 1 heterocycles. The Morgan fingerprint density at radius 1 is 1.04 bits per heavy atom. The Bertz CT molecular complexity index is 772. The lowest BCUT2D eigenvalue weighted by Crippen LogP contribution is -2.26. The molecule has 0 aliphatic carbocycles. The molecule has 0 N–H and O–H groups in total. The molecule has 0 unspecified atom stereocenters. The Balaban J connectivity index is 1.70. The van der Waals surface area contributed by atoms with Gasteiger partial charge in [0.1, 0.15) is 13.2 Å². The van der Waals surface area contributed by atoms with Crippen LogP contribution in [0, 0.1) is 0 Å². The molecule has 3 rings (SSSR count). The summed E-state index contributed by atoms with van der Waals surface area (Å²) in [6.45, 7) is 1.27. The predicted molar refractivity (Wildman–Crippen MR) is 84.7 cm³/mol.